The van der Waals surface area contributed by atoms with Crippen molar-refractivity contribution in [3.8, 4) is 5.75 Å². The van der Waals surface area contributed by atoms with Gasteiger partial charge in [-0.05, 0) is 19.1 Å². The summed E-state index contributed by atoms with van der Waals surface area (Å²) in [5, 5.41) is 2.81. The van der Waals surface area contributed by atoms with E-state index in [1.165, 1.54) is 0 Å². The van der Waals surface area contributed by atoms with Gasteiger partial charge in [0, 0.05) is 19.1 Å². The summed E-state index contributed by atoms with van der Waals surface area (Å²) in [7, 11) is 0. The number of nitrogens with two attached hydrogens (primary N) is 1. The fraction of sp³-hybridized carbons (Fsp3) is 0.529. The molecule has 1 saturated heterocycles. The van der Waals surface area contributed by atoms with Gasteiger partial charge in [-0.3, -0.25) is 9.59 Å². The first-order valence-corrected chi connectivity index (χ1v) is 8.13. The zero-order valence-corrected chi connectivity index (χ0v) is 14.2. The van der Waals surface area contributed by atoms with Gasteiger partial charge in [0.25, 0.3) is 5.91 Å². The Morgan fingerprint density at radius 3 is 2.62 bits per heavy atom. The molecular formula is C17H25N3O4. The number of carbonyl (C=O) groups excluding carboxylic acids is 2. The number of ether oxygens (including phenoxy) is 2. The van der Waals surface area contributed by atoms with Gasteiger partial charge in [-0.15, -0.1) is 0 Å². The Bertz CT molecular complexity index is 571. The Morgan fingerprint density at radius 2 is 1.96 bits per heavy atom. The SMILES string of the molecule is CC(N)C(C)C(=O)Nc1ccccc1OCC(=O)N1CCOCC1. The number of benzene rings is 1. The molecule has 1 aliphatic rings. The van der Waals surface area contributed by atoms with Crippen LogP contribution in [0.15, 0.2) is 24.3 Å². The second kappa shape index (κ2) is 8.65. The molecule has 0 bridgehead atoms. The standard InChI is InChI=1S/C17H25N3O4/c1-12(13(2)18)17(22)19-14-5-3-4-6-15(14)24-11-16(21)20-7-9-23-10-8-20/h3-6,12-13H,7-11,18H2,1-2H3,(H,19,22). The molecule has 2 rings (SSSR count). The van der Waals surface area contributed by atoms with Gasteiger partial charge in [0.2, 0.25) is 5.91 Å². The summed E-state index contributed by atoms with van der Waals surface area (Å²) in [6.07, 6.45) is 0. The summed E-state index contributed by atoms with van der Waals surface area (Å²) in [6, 6.07) is 6.79. The molecule has 0 aliphatic carbocycles. The average Bonchev–Trinajstić information content (AvgIpc) is 2.60. The lowest BCUT2D eigenvalue weighted by Crippen LogP contribution is -2.43. The topological polar surface area (TPSA) is 93.9 Å². The number of anilines is 1. The third kappa shape index (κ3) is 4.94. The van der Waals surface area contributed by atoms with Crippen molar-refractivity contribution in [2.45, 2.75) is 19.9 Å². The molecule has 1 aliphatic heterocycles. The Morgan fingerprint density at radius 1 is 1.29 bits per heavy atom. The average molecular weight is 335 g/mol. The number of morpholine rings is 1. The second-order valence-corrected chi connectivity index (χ2v) is 5.92. The molecule has 1 aromatic carbocycles. The van der Waals surface area contributed by atoms with Crippen LogP contribution in [0.1, 0.15) is 13.8 Å². The molecule has 0 spiro atoms. The highest BCUT2D eigenvalue weighted by Gasteiger charge is 2.20. The maximum absolute atomic E-state index is 12.2. The highest BCUT2D eigenvalue weighted by molar-refractivity contribution is 5.94. The smallest absolute Gasteiger partial charge is 0.260 e. The first-order valence-electron chi connectivity index (χ1n) is 8.13. The molecule has 2 atom stereocenters. The van der Waals surface area contributed by atoms with E-state index in [9.17, 15) is 9.59 Å². The van der Waals surface area contributed by atoms with Crippen molar-refractivity contribution in [1.29, 1.82) is 0 Å². The number of para-hydroxylation sites is 2. The van der Waals surface area contributed by atoms with Gasteiger partial charge in [-0.1, -0.05) is 19.1 Å². The van der Waals surface area contributed by atoms with Crippen molar-refractivity contribution in [1.82, 2.24) is 4.90 Å². The van der Waals surface area contributed by atoms with E-state index in [0.29, 0.717) is 37.7 Å². The van der Waals surface area contributed by atoms with Crippen molar-refractivity contribution in [2.75, 3.05) is 38.2 Å². The monoisotopic (exact) mass is 335 g/mol. The Kier molecular flexibility index (Phi) is 6.57. The number of nitrogens with one attached hydrogen (secondary N) is 1. The van der Waals surface area contributed by atoms with Crippen LogP contribution >= 0.6 is 0 Å². The van der Waals surface area contributed by atoms with E-state index in [1.807, 2.05) is 0 Å². The Hall–Kier alpha value is -2.12. The van der Waals surface area contributed by atoms with Gasteiger partial charge >= 0.3 is 0 Å². The molecule has 1 aromatic rings. The Labute approximate surface area is 142 Å². The first-order chi connectivity index (χ1) is 11.5. The van der Waals surface area contributed by atoms with Gasteiger partial charge < -0.3 is 25.4 Å². The maximum Gasteiger partial charge on any atom is 0.260 e. The van der Waals surface area contributed by atoms with E-state index < -0.39 is 0 Å². The lowest BCUT2D eigenvalue weighted by atomic mass is 10.0. The largest absolute Gasteiger partial charge is 0.482 e. The predicted molar refractivity (Wildman–Crippen MR) is 90.8 cm³/mol. The predicted octanol–water partition coefficient (Wildman–Crippen LogP) is 0.846. The molecule has 2 unspecified atom stereocenters. The highest BCUT2D eigenvalue weighted by Crippen LogP contribution is 2.24. The normalized spacial score (nSPS) is 17.0. The van der Waals surface area contributed by atoms with E-state index in [1.54, 1.807) is 43.0 Å². The van der Waals surface area contributed by atoms with Crippen molar-refractivity contribution in [3.05, 3.63) is 24.3 Å². The molecule has 1 heterocycles. The van der Waals surface area contributed by atoms with Crippen LogP contribution in [0.4, 0.5) is 5.69 Å². The first kappa shape index (κ1) is 18.2. The molecule has 7 heteroatoms. The summed E-state index contributed by atoms with van der Waals surface area (Å²) in [4.78, 5) is 26.0. The van der Waals surface area contributed by atoms with Crippen molar-refractivity contribution < 1.29 is 19.1 Å². The van der Waals surface area contributed by atoms with Gasteiger partial charge in [0.05, 0.1) is 24.8 Å². The number of carbonyl (C=O) groups is 2. The number of amides is 2. The van der Waals surface area contributed by atoms with Gasteiger partial charge in [0.1, 0.15) is 5.75 Å². The van der Waals surface area contributed by atoms with Gasteiger partial charge in [-0.2, -0.15) is 0 Å². The molecule has 0 aromatic heterocycles. The van der Waals surface area contributed by atoms with Crippen LogP contribution in [0.3, 0.4) is 0 Å². The molecule has 7 nitrogen and oxygen atoms in total. The summed E-state index contributed by atoms with van der Waals surface area (Å²) in [5.74, 6) is -0.138. The number of nitrogens with zero attached hydrogens (tertiary/aromatic N) is 1. The van der Waals surface area contributed by atoms with Gasteiger partial charge in [-0.25, -0.2) is 0 Å². The highest BCUT2D eigenvalue weighted by atomic mass is 16.5. The van der Waals surface area contributed by atoms with Crippen LogP contribution in [-0.2, 0) is 14.3 Å². The molecule has 132 valence electrons. The van der Waals surface area contributed by atoms with E-state index in [-0.39, 0.29) is 30.4 Å². The molecule has 3 N–H and O–H groups in total. The van der Waals surface area contributed by atoms with E-state index >= 15 is 0 Å². The van der Waals surface area contributed by atoms with Crippen LogP contribution in [0.2, 0.25) is 0 Å². The number of hydrogen-bond acceptors (Lipinski definition) is 5. The second-order valence-electron chi connectivity index (χ2n) is 5.92. The molecule has 0 radical (unpaired) electrons. The van der Waals surface area contributed by atoms with Gasteiger partial charge in [0.15, 0.2) is 6.61 Å². The van der Waals surface area contributed by atoms with E-state index in [4.69, 9.17) is 15.2 Å². The lowest BCUT2D eigenvalue weighted by Gasteiger charge is -2.26. The molecular weight excluding hydrogens is 310 g/mol. The summed E-state index contributed by atoms with van der Waals surface area (Å²) in [5.41, 5.74) is 6.29. The third-order valence-electron chi connectivity index (χ3n) is 4.06. The van der Waals surface area contributed by atoms with Crippen LogP contribution in [0, 0.1) is 5.92 Å². The lowest BCUT2D eigenvalue weighted by molar-refractivity contribution is -0.137. The van der Waals surface area contributed by atoms with E-state index in [0.717, 1.165) is 0 Å². The molecule has 24 heavy (non-hydrogen) atoms. The minimum absolute atomic E-state index is 0.0737. The van der Waals surface area contributed by atoms with E-state index in [2.05, 4.69) is 5.32 Å². The van der Waals surface area contributed by atoms with Crippen molar-refractivity contribution >= 4 is 17.5 Å². The van der Waals surface area contributed by atoms with Crippen LogP contribution in [-0.4, -0.2) is 55.7 Å². The third-order valence-corrected chi connectivity index (χ3v) is 4.06. The zero-order chi connectivity index (χ0) is 17.5. The quantitative estimate of drug-likeness (QED) is 0.804. The maximum atomic E-state index is 12.2. The molecule has 2 amide bonds. The van der Waals surface area contributed by atoms with Crippen molar-refractivity contribution in [3.63, 3.8) is 0 Å². The molecule has 1 fully saturated rings. The Balaban J connectivity index is 1.95. The minimum Gasteiger partial charge on any atom is -0.482 e. The summed E-state index contributed by atoms with van der Waals surface area (Å²) in [6.45, 7) is 5.73. The van der Waals surface area contributed by atoms with Crippen molar-refractivity contribution in [2.24, 2.45) is 11.7 Å². The summed E-state index contributed by atoms with van der Waals surface area (Å²) < 4.78 is 10.8. The molecule has 0 saturated carbocycles. The van der Waals surface area contributed by atoms with Crippen LogP contribution in [0.25, 0.3) is 0 Å². The fourth-order valence-electron chi connectivity index (χ4n) is 2.22. The summed E-state index contributed by atoms with van der Waals surface area (Å²) >= 11 is 0. The number of rotatable bonds is 6. The minimum atomic E-state index is -0.326. The van der Waals surface area contributed by atoms with Crippen LogP contribution in [0.5, 0.6) is 5.75 Å². The van der Waals surface area contributed by atoms with Crippen LogP contribution < -0.4 is 15.8 Å². The fourth-order valence-corrected chi connectivity index (χ4v) is 2.22. The number of hydrogen-bond donors (Lipinski definition) is 2. The zero-order valence-electron chi connectivity index (χ0n) is 14.2.